The Morgan fingerprint density at radius 1 is 1.09 bits per heavy atom. The molecule has 2 aliphatic rings. The smallest absolute Gasteiger partial charge is 0.170 e. The number of nitrogens with one attached hydrogen (secondary N) is 1. The molecule has 2 atom stereocenters. The van der Waals surface area contributed by atoms with Gasteiger partial charge in [-0.25, -0.2) is 4.39 Å². The first-order valence-electron chi connectivity index (χ1n) is 12.3. The average Bonchev–Trinajstić information content (AvgIpc) is 3.35. The van der Waals surface area contributed by atoms with Crippen LogP contribution < -0.4 is 5.32 Å². The van der Waals surface area contributed by atoms with Crippen molar-refractivity contribution in [1.29, 1.82) is 0 Å². The van der Waals surface area contributed by atoms with E-state index in [4.69, 9.17) is 17.0 Å². The summed E-state index contributed by atoms with van der Waals surface area (Å²) in [6.07, 6.45) is 2.82. The molecule has 1 aromatic carbocycles. The first-order chi connectivity index (χ1) is 17.0. The number of morpholine rings is 1. The van der Waals surface area contributed by atoms with Crippen LogP contribution in [-0.2, 0) is 4.74 Å². The molecule has 2 saturated heterocycles. The molecule has 2 fully saturated rings. The number of hydrogen-bond donors (Lipinski definition) is 1. The molecule has 0 radical (unpaired) electrons. The quantitative estimate of drug-likeness (QED) is 0.495. The molecule has 35 heavy (non-hydrogen) atoms. The van der Waals surface area contributed by atoms with E-state index >= 15 is 0 Å². The van der Waals surface area contributed by atoms with Crippen LogP contribution in [0, 0.1) is 19.7 Å². The van der Waals surface area contributed by atoms with Gasteiger partial charge in [-0.3, -0.25) is 9.88 Å². The maximum absolute atomic E-state index is 14.8. The molecule has 0 amide bonds. The van der Waals surface area contributed by atoms with Crippen LogP contribution in [0.25, 0.3) is 5.69 Å². The summed E-state index contributed by atoms with van der Waals surface area (Å²) in [6, 6.07) is 15.0. The summed E-state index contributed by atoms with van der Waals surface area (Å²) < 4.78 is 22.3. The Bertz CT molecular complexity index is 1180. The van der Waals surface area contributed by atoms with Crippen LogP contribution in [0.5, 0.6) is 0 Å². The van der Waals surface area contributed by atoms with Crippen molar-refractivity contribution in [2.75, 3.05) is 39.4 Å². The van der Waals surface area contributed by atoms with Crippen molar-refractivity contribution in [1.82, 2.24) is 24.7 Å². The van der Waals surface area contributed by atoms with Gasteiger partial charge in [-0.2, -0.15) is 0 Å². The predicted molar refractivity (Wildman–Crippen MR) is 139 cm³/mol. The van der Waals surface area contributed by atoms with Crippen molar-refractivity contribution < 1.29 is 9.13 Å². The second kappa shape index (κ2) is 10.4. The maximum Gasteiger partial charge on any atom is 0.170 e. The number of thiocarbonyl (C=S) groups is 1. The molecular formula is C27H32FN5OS. The van der Waals surface area contributed by atoms with Gasteiger partial charge in [-0.15, -0.1) is 0 Å². The van der Waals surface area contributed by atoms with E-state index in [0.29, 0.717) is 5.69 Å². The van der Waals surface area contributed by atoms with Crippen LogP contribution in [-0.4, -0.2) is 63.9 Å². The zero-order valence-corrected chi connectivity index (χ0v) is 21.1. The number of aryl methyl sites for hydroxylation is 1. The highest BCUT2D eigenvalue weighted by atomic mass is 32.1. The van der Waals surface area contributed by atoms with Crippen LogP contribution in [0.1, 0.15) is 41.1 Å². The predicted octanol–water partition coefficient (Wildman–Crippen LogP) is 4.32. The number of rotatable bonds is 7. The number of ether oxygens (including phenoxy) is 1. The third-order valence-corrected chi connectivity index (χ3v) is 7.41. The molecule has 5 rings (SSSR count). The van der Waals surface area contributed by atoms with E-state index < -0.39 is 0 Å². The summed E-state index contributed by atoms with van der Waals surface area (Å²) in [7, 11) is 0. The Kier molecular flexibility index (Phi) is 7.13. The molecule has 1 N–H and O–H groups in total. The van der Waals surface area contributed by atoms with Crippen molar-refractivity contribution >= 4 is 17.3 Å². The van der Waals surface area contributed by atoms with Gasteiger partial charge >= 0.3 is 0 Å². The average molecular weight is 494 g/mol. The Hall–Kier alpha value is -2.81. The summed E-state index contributed by atoms with van der Waals surface area (Å²) in [5.74, 6) is -0.232. The zero-order chi connectivity index (χ0) is 24.4. The molecule has 0 bridgehead atoms. The highest BCUT2D eigenvalue weighted by Gasteiger charge is 2.41. The minimum absolute atomic E-state index is 0.0335. The van der Waals surface area contributed by atoms with Gasteiger partial charge in [-0.05, 0) is 68.4 Å². The summed E-state index contributed by atoms with van der Waals surface area (Å²) >= 11 is 5.85. The first kappa shape index (κ1) is 23.9. The zero-order valence-electron chi connectivity index (χ0n) is 20.3. The lowest BCUT2D eigenvalue weighted by Gasteiger charge is -2.30. The lowest BCUT2D eigenvalue weighted by molar-refractivity contribution is 0.0365. The third-order valence-electron chi connectivity index (χ3n) is 7.06. The van der Waals surface area contributed by atoms with E-state index in [1.165, 1.54) is 6.07 Å². The molecule has 184 valence electrons. The fourth-order valence-corrected chi connectivity index (χ4v) is 5.70. The van der Waals surface area contributed by atoms with E-state index in [1.807, 2.05) is 48.0 Å². The molecule has 3 aromatic rings. The first-order valence-corrected chi connectivity index (χ1v) is 12.7. The molecular weight excluding hydrogens is 461 g/mol. The monoisotopic (exact) mass is 493 g/mol. The molecule has 6 nitrogen and oxygen atoms in total. The van der Waals surface area contributed by atoms with Gasteiger partial charge in [0.2, 0.25) is 0 Å². The molecule has 4 heterocycles. The number of hydrogen-bond acceptors (Lipinski definition) is 4. The van der Waals surface area contributed by atoms with Gasteiger partial charge in [0.15, 0.2) is 5.11 Å². The van der Waals surface area contributed by atoms with Crippen molar-refractivity contribution in [2.45, 2.75) is 32.4 Å². The van der Waals surface area contributed by atoms with E-state index in [0.717, 1.165) is 73.6 Å². The van der Waals surface area contributed by atoms with Crippen molar-refractivity contribution in [3.63, 3.8) is 0 Å². The van der Waals surface area contributed by atoms with Crippen molar-refractivity contribution in [3.8, 4) is 5.69 Å². The summed E-state index contributed by atoms with van der Waals surface area (Å²) in [5.41, 5.74) is 4.67. The Balaban J connectivity index is 1.48. The molecule has 0 unspecified atom stereocenters. The van der Waals surface area contributed by atoms with E-state index in [1.54, 1.807) is 6.07 Å². The highest BCUT2D eigenvalue weighted by Crippen LogP contribution is 2.41. The normalized spacial score (nSPS) is 20.9. The SMILES string of the molecule is Cc1cc([C@H]2[C@@H](c3ccccn3)NC(=S)N2CCCN2CCOCC2)c(C)n1-c1ccccc1F. The molecule has 0 saturated carbocycles. The lowest BCUT2D eigenvalue weighted by atomic mass is 9.96. The summed E-state index contributed by atoms with van der Waals surface area (Å²) in [5, 5.41) is 4.28. The second-order valence-electron chi connectivity index (χ2n) is 9.24. The van der Waals surface area contributed by atoms with Crippen molar-refractivity contribution in [2.24, 2.45) is 0 Å². The number of halogens is 1. The standard InChI is InChI=1S/C27H32FN5OS/c1-19-18-21(20(2)33(19)24-10-4-3-8-22(24)28)26-25(23-9-5-6-11-29-23)30-27(35)32(26)13-7-12-31-14-16-34-17-15-31/h3-6,8-11,18,25-26H,7,12-17H2,1-2H3,(H,30,35)/t25-,26+/m1/s1. The molecule has 2 aliphatic heterocycles. The van der Waals surface area contributed by atoms with Crippen LogP contribution in [0.3, 0.4) is 0 Å². The Morgan fingerprint density at radius 3 is 2.60 bits per heavy atom. The van der Waals surface area contributed by atoms with Crippen LogP contribution in [0.2, 0.25) is 0 Å². The molecule has 2 aromatic heterocycles. The number of pyridine rings is 1. The summed E-state index contributed by atoms with van der Waals surface area (Å²) in [6.45, 7) is 9.50. The Labute approximate surface area is 211 Å². The van der Waals surface area contributed by atoms with Crippen LogP contribution in [0.15, 0.2) is 54.7 Å². The lowest BCUT2D eigenvalue weighted by Crippen LogP contribution is -2.39. The van der Waals surface area contributed by atoms with Gasteiger partial charge < -0.3 is 19.5 Å². The topological polar surface area (TPSA) is 45.6 Å². The third kappa shape index (κ3) is 4.83. The number of aromatic nitrogens is 2. The van der Waals surface area contributed by atoms with Gasteiger partial charge in [-0.1, -0.05) is 18.2 Å². The minimum Gasteiger partial charge on any atom is -0.379 e. The maximum atomic E-state index is 14.8. The van der Waals surface area contributed by atoms with Gasteiger partial charge in [0.05, 0.1) is 36.7 Å². The second-order valence-corrected chi connectivity index (χ2v) is 9.63. The van der Waals surface area contributed by atoms with Crippen LogP contribution >= 0.6 is 12.2 Å². The molecule has 0 aliphatic carbocycles. The van der Waals surface area contributed by atoms with E-state index in [2.05, 4.69) is 33.1 Å². The minimum atomic E-state index is -0.232. The van der Waals surface area contributed by atoms with Gasteiger partial charge in [0.1, 0.15) is 5.82 Å². The van der Waals surface area contributed by atoms with Gasteiger partial charge in [0, 0.05) is 43.8 Å². The Morgan fingerprint density at radius 2 is 1.86 bits per heavy atom. The number of nitrogens with zero attached hydrogens (tertiary/aromatic N) is 4. The molecule has 8 heteroatoms. The molecule has 0 spiro atoms. The van der Waals surface area contributed by atoms with Crippen LogP contribution in [0.4, 0.5) is 4.39 Å². The number of benzene rings is 1. The number of para-hydroxylation sites is 1. The highest BCUT2D eigenvalue weighted by molar-refractivity contribution is 7.80. The fraction of sp³-hybridized carbons (Fsp3) is 0.407. The summed E-state index contributed by atoms with van der Waals surface area (Å²) in [4.78, 5) is 9.40. The largest absolute Gasteiger partial charge is 0.379 e. The fourth-order valence-electron chi connectivity index (χ4n) is 5.37. The van der Waals surface area contributed by atoms with E-state index in [9.17, 15) is 4.39 Å². The van der Waals surface area contributed by atoms with E-state index in [-0.39, 0.29) is 17.9 Å². The van der Waals surface area contributed by atoms with Gasteiger partial charge in [0.25, 0.3) is 0 Å². The van der Waals surface area contributed by atoms with Crippen molar-refractivity contribution in [3.05, 3.63) is 83.2 Å².